The Morgan fingerprint density at radius 1 is 0.842 bits per heavy atom. The summed E-state index contributed by atoms with van der Waals surface area (Å²) < 4.78 is 31.9. The van der Waals surface area contributed by atoms with E-state index < -0.39 is 10.1 Å². The molecule has 0 atom stereocenters. The highest BCUT2D eigenvalue weighted by Gasteiger charge is 2.18. The maximum atomic E-state index is 11.3. The molecule has 0 saturated heterocycles. The van der Waals surface area contributed by atoms with Crippen molar-refractivity contribution >= 4 is 27.2 Å². The predicted molar refractivity (Wildman–Crippen MR) is 74.9 cm³/mol. The zero-order valence-electron chi connectivity index (χ0n) is 9.87. The van der Waals surface area contributed by atoms with Gasteiger partial charge in [-0.15, -0.1) is 0 Å². The molecular weight excluding hydrogens is 266 g/mol. The third-order valence-corrected chi connectivity index (χ3v) is 3.62. The van der Waals surface area contributed by atoms with Crippen LogP contribution in [0.15, 0.2) is 41.3 Å². The Bertz CT molecular complexity index is 742. The number of rotatable bonds is 2. The first-order valence-electron chi connectivity index (χ1n) is 5.32. The standard InChI is InChI=1S/C12H13N3O3S/c13-9-6-11(15)10(14)5-8(9)7-3-1-2-4-12(7)19(16,17)18/h1-6H,13-15H2,(H,16,17,18). The summed E-state index contributed by atoms with van der Waals surface area (Å²) in [6.07, 6.45) is 0. The van der Waals surface area contributed by atoms with E-state index in [2.05, 4.69) is 0 Å². The Labute approximate surface area is 110 Å². The molecule has 0 fully saturated rings. The van der Waals surface area contributed by atoms with Gasteiger partial charge in [0.2, 0.25) is 0 Å². The fourth-order valence-corrected chi connectivity index (χ4v) is 2.50. The second-order valence-corrected chi connectivity index (χ2v) is 5.43. The summed E-state index contributed by atoms with van der Waals surface area (Å²) in [6, 6.07) is 8.89. The van der Waals surface area contributed by atoms with Crippen LogP contribution in [0.2, 0.25) is 0 Å². The van der Waals surface area contributed by atoms with Gasteiger partial charge in [0.15, 0.2) is 0 Å². The van der Waals surface area contributed by atoms with Gasteiger partial charge in [0, 0.05) is 16.8 Å². The first kappa shape index (κ1) is 13.2. The number of anilines is 3. The summed E-state index contributed by atoms with van der Waals surface area (Å²) in [5.41, 5.74) is 18.7. The van der Waals surface area contributed by atoms with E-state index in [9.17, 15) is 13.0 Å². The van der Waals surface area contributed by atoms with Crippen LogP contribution in [0.1, 0.15) is 0 Å². The van der Waals surface area contributed by atoms with Crippen molar-refractivity contribution in [1.29, 1.82) is 0 Å². The normalized spacial score (nSPS) is 11.4. The molecule has 0 unspecified atom stereocenters. The van der Waals surface area contributed by atoms with Crippen LogP contribution in [0.5, 0.6) is 0 Å². The van der Waals surface area contributed by atoms with E-state index in [1.165, 1.54) is 30.3 Å². The number of nitrogens with two attached hydrogens (primary N) is 3. The molecule has 0 amide bonds. The van der Waals surface area contributed by atoms with Gasteiger partial charge in [0.1, 0.15) is 4.90 Å². The van der Waals surface area contributed by atoms with Gasteiger partial charge in [0.25, 0.3) is 10.1 Å². The summed E-state index contributed by atoms with van der Waals surface area (Å²) in [5, 5.41) is 0. The van der Waals surface area contributed by atoms with Crippen LogP contribution >= 0.6 is 0 Å². The van der Waals surface area contributed by atoms with Crippen molar-refractivity contribution in [3.8, 4) is 11.1 Å². The molecule has 2 rings (SSSR count). The summed E-state index contributed by atoms with van der Waals surface area (Å²) in [5.74, 6) is 0. The molecule has 2 aromatic carbocycles. The van der Waals surface area contributed by atoms with E-state index in [4.69, 9.17) is 17.2 Å². The van der Waals surface area contributed by atoms with E-state index in [-0.39, 0.29) is 21.8 Å². The topological polar surface area (TPSA) is 132 Å². The van der Waals surface area contributed by atoms with Crippen molar-refractivity contribution in [2.24, 2.45) is 0 Å². The lowest BCUT2D eigenvalue weighted by Crippen LogP contribution is -2.03. The van der Waals surface area contributed by atoms with Crippen molar-refractivity contribution in [3.63, 3.8) is 0 Å². The molecule has 0 bridgehead atoms. The van der Waals surface area contributed by atoms with Crippen LogP contribution in [0.4, 0.5) is 17.1 Å². The van der Waals surface area contributed by atoms with Crippen LogP contribution in [0.25, 0.3) is 11.1 Å². The molecule has 0 heterocycles. The van der Waals surface area contributed by atoms with Crippen LogP contribution < -0.4 is 17.2 Å². The average Bonchev–Trinajstić information content (AvgIpc) is 2.33. The van der Waals surface area contributed by atoms with Crippen LogP contribution in [0, 0.1) is 0 Å². The Kier molecular flexibility index (Phi) is 3.09. The van der Waals surface area contributed by atoms with Crippen LogP contribution in [-0.4, -0.2) is 13.0 Å². The molecule has 19 heavy (non-hydrogen) atoms. The summed E-state index contributed by atoms with van der Waals surface area (Å²) in [6.45, 7) is 0. The SMILES string of the molecule is Nc1cc(N)c(-c2ccccc2S(=O)(=O)O)cc1N. The third-order valence-electron chi connectivity index (χ3n) is 2.71. The van der Waals surface area contributed by atoms with Crippen molar-refractivity contribution in [2.75, 3.05) is 17.2 Å². The van der Waals surface area contributed by atoms with E-state index in [1.807, 2.05) is 0 Å². The van der Waals surface area contributed by atoms with E-state index in [0.29, 0.717) is 11.3 Å². The Hall–Kier alpha value is -2.25. The van der Waals surface area contributed by atoms with E-state index in [0.717, 1.165) is 0 Å². The van der Waals surface area contributed by atoms with Crippen molar-refractivity contribution < 1.29 is 13.0 Å². The van der Waals surface area contributed by atoms with Gasteiger partial charge in [-0.25, -0.2) is 0 Å². The number of nitrogen functional groups attached to an aromatic ring is 3. The fraction of sp³-hybridized carbons (Fsp3) is 0. The van der Waals surface area contributed by atoms with Crippen LogP contribution in [-0.2, 0) is 10.1 Å². The first-order valence-corrected chi connectivity index (χ1v) is 6.76. The zero-order valence-corrected chi connectivity index (χ0v) is 10.7. The van der Waals surface area contributed by atoms with Crippen LogP contribution in [0.3, 0.4) is 0 Å². The average molecular weight is 279 g/mol. The van der Waals surface area contributed by atoms with Crippen molar-refractivity contribution in [1.82, 2.24) is 0 Å². The van der Waals surface area contributed by atoms with Gasteiger partial charge in [-0.05, 0) is 18.2 Å². The van der Waals surface area contributed by atoms with E-state index in [1.54, 1.807) is 6.07 Å². The minimum Gasteiger partial charge on any atom is -0.398 e. The Morgan fingerprint density at radius 3 is 2.05 bits per heavy atom. The third kappa shape index (κ3) is 2.47. The Morgan fingerprint density at radius 2 is 1.42 bits per heavy atom. The highest BCUT2D eigenvalue weighted by Crippen LogP contribution is 2.35. The summed E-state index contributed by atoms with van der Waals surface area (Å²) in [7, 11) is -4.35. The quantitative estimate of drug-likeness (QED) is 0.484. The van der Waals surface area contributed by atoms with Crippen molar-refractivity contribution in [3.05, 3.63) is 36.4 Å². The summed E-state index contributed by atoms with van der Waals surface area (Å²) in [4.78, 5) is -0.231. The molecule has 7 N–H and O–H groups in total. The molecule has 7 heteroatoms. The molecule has 100 valence electrons. The molecule has 0 aliphatic heterocycles. The van der Waals surface area contributed by atoms with Gasteiger partial charge >= 0.3 is 0 Å². The van der Waals surface area contributed by atoms with Gasteiger partial charge < -0.3 is 17.2 Å². The lowest BCUT2D eigenvalue weighted by molar-refractivity contribution is 0.483. The molecule has 0 aromatic heterocycles. The molecule has 0 radical (unpaired) electrons. The molecule has 0 spiro atoms. The molecule has 0 aliphatic carbocycles. The lowest BCUT2D eigenvalue weighted by Gasteiger charge is -2.12. The summed E-state index contributed by atoms with van der Waals surface area (Å²) >= 11 is 0. The molecule has 2 aromatic rings. The maximum absolute atomic E-state index is 11.3. The molecular formula is C12H13N3O3S. The van der Waals surface area contributed by atoms with Gasteiger partial charge in [0.05, 0.1) is 11.4 Å². The van der Waals surface area contributed by atoms with Gasteiger partial charge in [-0.1, -0.05) is 18.2 Å². The van der Waals surface area contributed by atoms with Crippen molar-refractivity contribution in [2.45, 2.75) is 4.90 Å². The monoisotopic (exact) mass is 279 g/mol. The number of benzene rings is 2. The molecule has 0 saturated carbocycles. The fourth-order valence-electron chi connectivity index (χ4n) is 1.80. The van der Waals surface area contributed by atoms with Gasteiger partial charge in [-0.2, -0.15) is 8.42 Å². The number of hydrogen-bond donors (Lipinski definition) is 4. The second-order valence-electron chi connectivity index (χ2n) is 4.04. The molecule has 0 aliphatic rings. The number of hydrogen-bond acceptors (Lipinski definition) is 5. The second kappa shape index (κ2) is 4.45. The zero-order chi connectivity index (χ0) is 14.2. The minimum absolute atomic E-state index is 0.231. The Balaban J connectivity index is 2.77. The largest absolute Gasteiger partial charge is 0.398 e. The predicted octanol–water partition coefficient (Wildman–Crippen LogP) is 1.35. The molecule has 6 nitrogen and oxygen atoms in total. The highest BCUT2D eigenvalue weighted by molar-refractivity contribution is 7.86. The maximum Gasteiger partial charge on any atom is 0.295 e. The first-order chi connectivity index (χ1) is 8.80. The minimum atomic E-state index is -4.35. The van der Waals surface area contributed by atoms with Gasteiger partial charge in [-0.3, -0.25) is 4.55 Å². The highest BCUT2D eigenvalue weighted by atomic mass is 32.2. The van der Waals surface area contributed by atoms with E-state index >= 15 is 0 Å². The smallest absolute Gasteiger partial charge is 0.295 e. The lowest BCUT2D eigenvalue weighted by atomic mass is 10.0.